The lowest BCUT2D eigenvalue weighted by molar-refractivity contribution is 0.0898. The summed E-state index contributed by atoms with van der Waals surface area (Å²) in [5.41, 5.74) is 7.67. The molecule has 0 spiro atoms. The standard InChI is InChI=1S/C13H24N4O/c1-6-13(4,7-8-14)15-12(18)11-9(2)16-17(5)10(11)3/h6-8,14H2,1-5H3,(H,15,18). The maximum Gasteiger partial charge on any atom is 0.255 e. The minimum atomic E-state index is -0.249. The zero-order chi connectivity index (χ0) is 13.9. The fourth-order valence-electron chi connectivity index (χ4n) is 2.09. The molecule has 5 nitrogen and oxygen atoms in total. The molecule has 0 radical (unpaired) electrons. The Bertz CT molecular complexity index is 438. The molecule has 0 aliphatic carbocycles. The number of aromatic nitrogens is 2. The van der Waals surface area contributed by atoms with E-state index in [-0.39, 0.29) is 11.4 Å². The molecule has 1 atom stereocenters. The van der Waals surface area contributed by atoms with E-state index in [1.54, 1.807) is 4.68 Å². The first-order valence-electron chi connectivity index (χ1n) is 6.37. The highest BCUT2D eigenvalue weighted by atomic mass is 16.1. The summed E-state index contributed by atoms with van der Waals surface area (Å²) in [5, 5.41) is 7.35. The molecular weight excluding hydrogens is 228 g/mol. The SMILES string of the molecule is CCC(C)(CCN)NC(=O)c1c(C)nn(C)c1C. The van der Waals surface area contributed by atoms with Gasteiger partial charge in [-0.15, -0.1) is 0 Å². The van der Waals surface area contributed by atoms with Crippen molar-refractivity contribution in [1.82, 2.24) is 15.1 Å². The summed E-state index contributed by atoms with van der Waals surface area (Å²) in [4.78, 5) is 12.3. The molecule has 102 valence electrons. The minimum absolute atomic E-state index is 0.0594. The number of carbonyl (C=O) groups excluding carboxylic acids is 1. The normalized spacial score (nSPS) is 14.3. The number of hydrogen-bond acceptors (Lipinski definition) is 3. The van der Waals surface area contributed by atoms with Crippen LogP contribution >= 0.6 is 0 Å². The summed E-state index contributed by atoms with van der Waals surface area (Å²) in [6.07, 6.45) is 1.63. The van der Waals surface area contributed by atoms with Crippen LogP contribution in [0.4, 0.5) is 0 Å². The highest BCUT2D eigenvalue weighted by molar-refractivity contribution is 5.96. The van der Waals surface area contributed by atoms with Gasteiger partial charge in [-0.3, -0.25) is 9.48 Å². The second-order valence-electron chi connectivity index (χ2n) is 5.08. The molecule has 0 fully saturated rings. The monoisotopic (exact) mass is 252 g/mol. The van der Waals surface area contributed by atoms with E-state index in [1.165, 1.54) is 0 Å². The van der Waals surface area contributed by atoms with Gasteiger partial charge in [-0.25, -0.2) is 0 Å². The van der Waals surface area contributed by atoms with Crippen LogP contribution in [0.2, 0.25) is 0 Å². The van der Waals surface area contributed by atoms with Crippen LogP contribution in [-0.4, -0.2) is 27.8 Å². The second kappa shape index (κ2) is 5.52. The zero-order valence-corrected chi connectivity index (χ0v) is 12.0. The van der Waals surface area contributed by atoms with E-state index in [9.17, 15) is 4.79 Å². The molecule has 0 bridgehead atoms. The van der Waals surface area contributed by atoms with Gasteiger partial charge in [0.1, 0.15) is 0 Å². The molecule has 5 heteroatoms. The lowest BCUT2D eigenvalue weighted by atomic mass is 9.94. The Hall–Kier alpha value is -1.36. The fraction of sp³-hybridized carbons (Fsp3) is 0.692. The van der Waals surface area contributed by atoms with Crippen LogP contribution in [0.25, 0.3) is 0 Å². The predicted octanol–water partition coefficient (Wildman–Crippen LogP) is 1.28. The first kappa shape index (κ1) is 14.7. The van der Waals surface area contributed by atoms with E-state index in [1.807, 2.05) is 27.8 Å². The number of hydrogen-bond donors (Lipinski definition) is 2. The average molecular weight is 252 g/mol. The number of nitrogens with zero attached hydrogens (tertiary/aromatic N) is 2. The highest BCUT2D eigenvalue weighted by Gasteiger charge is 2.26. The van der Waals surface area contributed by atoms with Crippen molar-refractivity contribution in [2.24, 2.45) is 12.8 Å². The van der Waals surface area contributed by atoms with Crippen LogP contribution in [0.5, 0.6) is 0 Å². The van der Waals surface area contributed by atoms with Gasteiger partial charge in [0.15, 0.2) is 0 Å². The number of carbonyl (C=O) groups is 1. The van der Waals surface area contributed by atoms with Gasteiger partial charge in [-0.1, -0.05) is 6.92 Å². The largest absolute Gasteiger partial charge is 0.347 e. The summed E-state index contributed by atoms with van der Waals surface area (Å²) in [6.45, 7) is 8.41. The van der Waals surface area contributed by atoms with Gasteiger partial charge < -0.3 is 11.1 Å². The van der Waals surface area contributed by atoms with Crippen LogP contribution in [0.3, 0.4) is 0 Å². The van der Waals surface area contributed by atoms with Crippen molar-refractivity contribution in [1.29, 1.82) is 0 Å². The first-order chi connectivity index (χ1) is 8.34. The number of rotatable bonds is 5. The van der Waals surface area contributed by atoms with E-state index in [2.05, 4.69) is 17.3 Å². The Balaban J connectivity index is 2.94. The molecule has 3 N–H and O–H groups in total. The maximum atomic E-state index is 12.3. The van der Waals surface area contributed by atoms with E-state index in [4.69, 9.17) is 5.73 Å². The van der Waals surface area contributed by atoms with Gasteiger partial charge in [0.2, 0.25) is 0 Å². The summed E-state index contributed by atoms with van der Waals surface area (Å²) >= 11 is 0. The number of nitrogens with two attached hydrogens (primary N) is 1. The van der Waals surface area contributed by atoms with Gasteiger partial charge in [0.25, 0.3) is 5.91 Å². The Morgan fingerprint density at radius 1 is 1.50 bits per heavy atom. The Morgan fingerprint density at radius 2 is 2.11 bits per heavy atom. The lowest BCUT2D eigenvalue weighted by Gasteiger charge is -2.29. The summed E-state index contributed by atoms with van der Waals surface area (Å²) in [6, 6.07) is 0. The number of nitrogens with one attached hydrogen (secondary N) is 1. The van der Waals surface area contributed by atoms with Gasteiger partial charge in [-0.05, 0) is 40.2 Å². The van der Waals surface area contributed by atoms with Crippen LogP contribution in [-0.2, 0) is 7.05 Å². The molecule has 0 aliphatic heterocycles. The van der Waals surface area contributed by atoms with Gasteiger partial charge in [0.05, 0.1) is 11.3 Å². The molecule has 18 heavy (non-hydrogen) atoms. The molecule has 1 unspecified atom stereocenters. The lowest BCUT2D eigenvalue weighted by Crippen LogP contribution is -2.47. The average Bonchev–Trinajstić information content (AvgIpc) is 2.53. The van der Waals surface area contributed by atoms with Gasteiger partial charge in [0, 0.05) is 18.3 Å². The Labute approximate surface area is 109 Å². The topological polar surface area (TPSA) is 72.9 Å². The Morgan fingerprint density at radius 3 is 2.50 bits per heavy atom. The molecule has 0 aliphatic rings. The van der Waals surface area contributed by atoms with Gasteiger partial charge in [-0.2, -0.15) is 5.10 Å². The van der Waals surface area contributed by atoms with Crippen molar-refractivity contribution in [2.45, 2.75) is 46.1 Å². The van der Waals surface area contributed by atoms with E-state index in [0.29, 0.717) is 12.1 Å². The van der Waals surface area contributed by atoms with Crippen molar-refractivity contribution < 1.29 is 4.79 Å². The molecule has 1 aromatic heterocycles. The third kappa shape index (κ3) is 2.90. The molecule has 0 saturated heterocycles. The smallest absolute Gasteiger partial charge is 0.255 e. The molecule has 0 saturated carbocycles. The van der Waals surface area contributed by atoms with E-state index in [0.717, 1.165) is 24.2 Å². The molecule has 0 aromatic carbocycles. The van der Waals surface area contributed by atoms with Crippen molar-refractivity contribution in [2.75, 3.05) is 6.54 Å². The molecular formula is C13H24N4O. The number of aryl methyl sites for hydroxylation is 2. The quantitative estimate of drug-likeness (QED) is 0.829. The summed E-state index contributed by atoms with van der Waals surface area (Å²) < 4.78 is 1.73. The maximum absolute atomic E-state index is 12.3. The van der Waals surface area contributed by atoms with Crippen molar-refractivity contribution in [3.05, 3.63) is 17.0 Å². The van der Waals surface area contributed by atoms with Crippen LogP contribution < -0.4 is 11.1 Å². The molecule has 1 aromatic rings. The highest BCUT2D eigenvalue weighted by Crippen LogP contribution is 2.17. The van der Waals surface area contributed by atoms with E-state index < -0.39 is 0 Å². The third-order valence-corrected chi connectivity index (χ3v) is 3.63. The number of amides is 1. The zero-order valence-electron chi connectivity index (χ0n) is 12.0. The van der Waals surface area contributed by atoms with Crippen LogP contribution in [0.15, 0.2) is 0 Å². The third-order valence-electron chi connectivity index (χ3n) is 3.63. The first-order valence-corrected chi connectivity index (χ1v) is 6.37. The molecule has 1 heterocycles. The van der Waals surface area contributed by atoms with Crippen molar-refractivity contribution in [3.63, 3.8) is 0 Å². The predicted molar refractivity (Wildman–Crippen MR) is 72.5 cm³/mol. The second-order valence-corrected chi connectivity index (χ2v) is 5.08. The summed E-state index contributed by atoms with van der Waals surface area (Å²) in [7, 11) is 1.85. The minimum Gasteiger partial charge on any atom is -0.347 e. The Kier molecular flexibility index (Phi) is 4.51. The summed E-state index contributed by atoms with van der Waals surface area (Å²) in [5.74, 6) is -0.0594. The van der Waals surface area contributed by atoms with Crippen LogP contribution in [0, 0.1) is 13.8 Å². The van der Waals surface area contributed by atoms with E-state index >= 15 is 0 Å². The fourth-order valence-corrected chi connectivity index (χ4v) is 2.09. The van der Waals surface area contributed by atoms with Gasteiger partial charge >= 0.3 is 0 Å². The molecule has 1 rings (SSSR count). The molecule has 1 amide bonds. The van der Waals surface area contributed by atoms with Crippen molar-refractivity contribution >= 4 is 5.91 Å². The van der Waals surface area contributed by atoms with Crippen LogP contribution in [0.1, 0.15) is 48.4 Å². The van der Waals surface area contributed by atoms with Crippen molar-refractivity contribution in [3.8, 4) is 0 Å².